The van der Waals surface area contributed by atoms with Gasteiger partial charge in [-0.2, -0.15) is 5.10 Å². The lowest BCUT2D eigenvalue weighted by Gasteiger charge is -2.29. The number of hydrogen-bond acceptors (Lipinski definition) is 4. The second-order valence-electron chi connectivity index (χ2n) is 5.28. The van der Waals surface area contributed by atoms with Gasteiger partial charge in [-0.15, -0.1) is 0 Å². The molecule has 0 spiro atoms. The van der Waals surface area contributed by atoms with Gasteiger partial charge in [0, 0.05) is 23.1 Å². The van der Waals surface area contributed by atoms with Crippen LogP contribution in [0.15, 0.2) is 30.9 Å². The van der Waals surface area contributed by atoms with E-state index >= 15 is 0 Å². The van der Waals surface area contributed by atoms with E-state index in [1.807, 2.05) is 0 Å². The minimum atomic E-state index is -0.730. The minimum Gasteiger partial charge on any atom is -0.396 e. The van der Waals surface area contributed by atoms with E-state index in [0.29, 0.717) is 30.2 Å². The number of rotatable bonds is 4. The number of aromatic nitrogens is 3. The largest absolute Gasteiger partial charge is 0.396 e. The van der Waals surface area contributed by atoms with Crippen LogP contribution in [0.4, 0.5) is 4.39 Å². The highest BCUT2D eigenvalue weighted by atomic mass is 35.5. The third-order valence-corrected chi connectivity index (χ3v) is 4.09. The predicted octanol–water partition coefficient (Wildman–Crippen LogP) is 1.99. The molecule has 112 valence electrons. The first-order chi connectivity index (χ1) is 10.1. The number of aliphatic hydroxyl groups excluding tert-OH is 1. The number of aliphatic hydroxyl groups is 1. The van der Waals surface area contributed by atoms with Crippen molar-refractivity contribution in [2.75, 3.05) is 13.2 Å². The molecule has 1 fully saturated rings. The van der Waals surface area contributed by atoms with Crippen molar-refractivity contribution >= 4 is 11.6 Å². The fourth-order valence-electron chi connectivity index (χ4n) is 2.80. The molecule has 0 saturated carbocycles. The van der Waals surface area contributed by atoms with Crippen molar-refractivity contribution in [2.24, 2.45) is 5.92 Å². The zero-order valence-corrected chi connectivity index (χ0v) is 12.0. The van der Waals surface area contributed by atoms with Gasteiger partial charge in [0.1, 0.15) is 24.1 Å². The monoisotopic (exact) mass is 311 g/mol. The minimum absolute atomic E-state index is 0.0228. The molecule has 1 aromatic heterocycles. The molecule has 1 aliphatic heterocycles. The highest BCUT2D eigenvalue weighted by Gasteiger charge is 2.43. The van der Waals surface area contributed by atoms with Crippen LogP contribution in [0.3, 0.4) is 0 Å². The number of hydrogen-bond donors (Lipinski definition) is 1. The van der Waals surface area contributed by atoms with Crippen LogP contribution in [0.5, 0.6) is 0 Å². The third kappa shape index (κ3) is 2.79. The van der Waals surface area contributed by atoms with Gasteiger partial charge < -0.3 is 9.84 Å². The Morgan fingerprint density at radius 2 is 2.38 bits per heavy atom. The van der Waals surface area contributed by atoms with E-state index in [1.54, 1.807) is 17.1 Å². The van der Waals surface area contributed by atoms with Gasteiger partial charge in [0.15, 0.2) is 0 Å². The Hall–Kier alpha value is -1.50. The maximum absolute atomic E-state index is 13.3. The van der Waals surface area contributed by atoms with Crippen LogP contribution in [0.2, 0.25) is 5.02 Å². The first kappa shape index (κ1) is 14.4. The molecular weight excluding hydrogens is 297 g/mol. The van der Waals surface area contributed by atoms with Crippen LogP contribution >= 0.6 is 11.6 Å². The van der Waals surface area contributed by atoms with E-state index in [4.69, 9.17) is 16.3 Å². The lowest BCUT2D eigenvalue weighted by atomic mass is 9.87. The summed E-state index contributed by atoms with van der Waals surface area (Å²) in [4.78, 5) is 3.92. The Kier molecular flexibility index (Phi) is 3.93. The molecule has 7 heteroatoms. The molecule has 0 aliphatic carbocycles. The Morgan fingerprint density at radius 3 is 3.00 bits per heavy atom. The lowest BCUT2D eigenvalue weighted by molar-refractivity contribution is -0.0180. The highest BCUT2D eigenvalue weighted by Crippen LogP contribution is 2.43. The summed E-state index contributed by atoms with van der Waals surface area (Å²) in [6.07, 6.45) is 3.63. The van der Waals surface area contributed by atoms with Crippen molar-refractivity contribution in [2.45, 2.75) is 18.6 Å². The molecule has 1 aromatic carbocycles. The van der Waals surface area contributed by atoms with E-state index in [2.05, 4.69) is 10.1 Å². The number of benzene rings is 1. The molecule has 0 bridgehead atoms. The molecular formula is C14H15ClFN3O2. The molecule has 0 amide bonds. The molecule has 2 atom stereocenters. The Labute approximate surface area is 126 Å². The highest BCUT2D eigenvalue weighted by molar-refractivity contribution is 6.31. The Morgan fingerprint density at radius 1 is 1.52 bits per heavy atom. The third-order valence-electron chi connectivity index (χ3n) is 3.78. The van der Waals surface area contributed by atoms with Crippen molar-refractivity contribution < 1.29 is 14.2 Å². The molecule has 1 N–H and O–H groups in total. The summed E-state index contributed by atoms with van der Waals surface area (Å²) in [5.74, 6) is -0.369. The van der Waals surface area contributed by atoms with Crippen molar-refractivity contribution in [3.8, 4) is 0 Å². The SMILES string of the molecule is OC[C@@H]1COC(Cn2cncn2)(c2ccc(F)cc2Cl)C1. The zero-order chi connectivity index (χ0) is 14.9. The summed E-state index contributed by atoms with van der Waals surface area (Å²) in [5.41, 5.74) is -0.0247. The van der Waals surface area contributed by atoms with Crippen LogP contribution in [0.1, 0.15) is 12.0 Å². The van der Waals surface area contributed by atoms with Gasteiger partial charge in [0.25, 0.3) is 0 Å². The number of ether oxygens (including phenoxy) is 1. The smallest absolute Gasteiger partial charge is 0.137 e. The number of halogens is 2. The van der Waals surface area contributed by atoms with E-state index in [0.717, 1.165) is 0 Å². The summed E-state index contributed by atoms with van der Waals surface area (Å²) in [6, 6.07) is 4.27. The predicted molar refractivity (Wildman–Crippen MR) is 74.3 cm³/mol. The summed E-state index contributed by atoms with van der Waals surface area (Å²) >= 11 is 6.20. The Balaban J connectivity index is 1.99. The average Bonchev–Trinajstić information content (AvgIpc) is 3.09. The van der Waals surface area contributed by atoms with E-state index in [1.165, 1.54) is 18.5 Å². The van der Waals surface area contributed by atoms with E-state index in [9.17, 15) is 9.50 Å². The summed E-state index contributed by atoms with van der Waals surface area (Å²) in [7, 11) is 0. The molecule has 0 radical (unpaired) electrons. The van der Waals surface area contributed by atoms with Crippen molar-refractivity contribution in [3.63, 3.8) is 0 Å². The van der Waals surface area contributed by atoms with Crippen LogP contribution in [0.25, 0.3) is 0 Å². The standard InChI is InChI=1S/C14H15ClFN3O2/c15-13-3-11(16)1-2-12(13)14(4-10(5-20)6-21-14)7-19-9-17-8-18-19/h1-3,8-10,20H,4-7H2/t10-,14?/m1/s1. The first-order valence-corrected chi connectivity index (χ1v) is 7.03. The summed E-state index contributed by atoms with van der Waals surface area (Å²) in [6.45, 7) is 0.881. The van der Waals surface area contributed by atoms with Gasteiger partial charge in [-0.25, -0.2) is 14.1 Å². The molecule has 1 saturated heterocycles. The topological polar surface area (TPSA) is 60.2 Å². The molecule has 2 heterocycles. The molecule has 5 nitrogen and oxygen atoms in total. The van der Waals surface area contributed by atoms with Gasteiger partial charge >= 0.3 is 0 Å². The van der Waals surface area contributed by atoms with Crippen molar-refractivity contribution in [1.82, 2.24) is 14.8 Å². The summed E-state index contributed by atoms with van der Waals surface area (Å²) < 4.78 is 20.9. The first-order valence-electron chi connectivity index (χ1n) is 6.66. The zero-order valence-electron chi connectivity index (χ0n) is 11.2. The normalized spacial score (nSPS) is 25.4. The number of nitrogens with zero attached hydrogens (tertiary/aromatic N) is 3. The van der Waals surface area contributed by atoms with Gasteiger partial charge in [0.2, 0.25) is 0 Å². The lowest BCUT2D eigenvalue weighted by Crippen LogP contribution is -2.32. The molecule has 21 heavy (non-hydrogen) atoms. The molecule has 1 unspecified atom stereocenters. The van der Waals surface area contributed by atoms with Gasteiger partial charge in [-0.1, -0.05) is 17.7 Å². The van der Waals surface area contributed by atoms with Crippen LogP contribution < -0.4 is 0 Å². The molecule has 1 aliphatic rings. The maximum atomic E-state index is 13.3. The van der Waals surface area contributed by atoms with Gasteiger partial charge in [0.05, 0.1) is 13.2 Å². The van der Waals surface area contributed by atoms with Gasteiger partial charge in [-0.3, -0.25) is 0 Å². The molecule has 3 rings (SSSR count). The van der Waals surface area contributed by atoms with Crippen LogP contribution in [0, 0.1) is 11.7 Å². The van der Waals surface area contributed by atoms with Crippen molar-refractivity contribution in [1.29, 1.82) is 0 Å². The quantitative estimate of drug-likeness (QED) is 0.938. The van der Waals surface area contributed by atoms with Crippen LogP contribution in [-0.2, 0) is 16.9 Å². The molecule has 2 aromatic rings. The summed E-state index contributed by atoms with van der Waals surface area (Å²) in [5, 5.41) is 13.8. The van der Waals surface area contributed by atoms with Crippen molar-refractivity contribution in [3.05, 3.63) is 47.3 Å². The van der Waals surface area contributed by atoms with E-state index < -0.39 is 11.4 Å². The fourth-order valence-corrected chi connectivity index (χ4v) is 3.14. The van der Waals surface area contributed by atoms with Crippen LogP contribution in [-0.4, -0.2) is 33.1 Å². The van der Waals surface area contributed by atoms with Gasteiger partial charge in [-0.05, 0) is 18.6 Å². The average molecular weight is 312 g/mol. The Bertz CT molecular complexity index is 623. The second kappa shape index (κ2) is 5.71. The maximum Gasteiger partial charge on any atom is 0.137 e. The second-order valence-corrected chi connectivity index (χ2v) is 5.68. The van der Waals surface area contributed by atoms with E-state index in [-0.39, 0.29) is 12.5 Å². The fraction of sp³-hybridized carbons (Fsp3) is 0.429.